The van der Waals surface area contributed by atoms with E-state index >= 15 is 0 Å². The third-order valence-electron chi connectivity index (χ3n) is 3.86. The van der Waals surface area contributed by atoms with Crippen LogP contribution in [0, 0.1) is 0 Å². The van der Waals surface area contributed by atoms with E-state index in [0.717, 1.165) is 19.3 Å². The Morgan fingerprint density at radius 1 is 1.25 bits per heavy atom. The van der Waals surface area contributed by atoms with E-state index in [2.05, 4.69) is 0 Å². The van der Waals surface area contributed by atoms with Gasteiger partial charge in [0.1, 0.15) is 10.6 Å². The number of rotatable bonds is 3. The molecule has 2 atom stereocenters. The van der Waals surface area contributed by atoms with Gasteiger partial charge in [-0.3, -0.25) is 0 Å². The second kappa shape index (κ2) is 5.61. The molecule has 1 heterocycles. The number of hydrogen-bond acceptors (Lipinski definition) is 4. The van der Waals surface area contributed by atoms with Crippen LogP contribution in [0.25, 0.3) is 0 Å². The largest absolute Gasteiger partial charge is 0.495 e. The number of benzene rings is 1. The summed E-state index contributed by atoms with van der Waals surface area (Å²) in [5.74, 6) is 0.301. The van der Waals surface area contributed by atoms with E-state index in [1.165, 1.54) is 13.2 Å². The van der Waals surface area contributed by atoms with Crippen LogP contribution < -0.4 is 10.5 Å². The Hall–Kier alpha value is -1.27. The lowest BCUT2D eigenvalue weighted by molar-refractivity contribution is 0.203. The summed E-state index contributed by atoms with van der Waals surface area (Å²) in [6.45, 7) is 3.91. The highest BCUT2D eigenvalue weighted by atomic mass is 32.2. The summed E-state index contributed by atoms with van der Waals surface area (Å²) < 4.78 is 32.6. The average molecular weight is 298 g/mol. The van der Waals surface area contributed by atoms with Gasteiger partial charge < -0.3 is 10.5 Å². The van der Waals surface area contributed by atoms with Crippen LogP contribution in [0.1, 0.15) is 33.1 Å². The topological polar surface area (TPSA) is 72.6 Å². The van der Waals surface area contributed by atoms with E-state index in [-0.39, 0.29) is 17.0 Å². The summed E-state index contributed by atoms with van der Waals surface area (Å²) in [7, 11) is -2.11. The quantitative estimate of drug-likeness (QED) is 0.869. The van der Waals surface area contributed by atoms with Gasteiger partial charge in [-0.05, 0) is 38.8 Å². The highest BCUT2D eigenvalue weighted by Gasteiger charge is 2.37. The number of ether oxygens (including phenoxy) is 1. The highest BCUT2D eigenvalue weighted by molar-refractivity contribution is 7.89. The molecule has 1 aliphatic heterocycles. The second-order valence-corrected chi connectivity index (χ2v) is 7.19. The number of hydrogen-bond donors (Lipinski definition) is 1. The van der Waals surface area contributed by atoms with Gasteiger partial charge in [0.05, 0.1) is 7.11 Å². The van der Waals surface area contributed by atoms with Crippen molar-refractivity contribution in [3.05, 3.63) is 18.2 Å². The molecule has 0 aromatic heterocycles. The van der Waals surface area contributed by atoms with Crippen LogP contribution in [-0.2, 0) is 10.0 Å². The summed E-state index contributed by atoms with van der Waals surface area (Å²) in [5.41, 5.74) is 6.18. The fraction of sp³-hybridized carbons (Fsp3) is 0.571. The summed E-state index contributed by atoms with van der Waals surface area (Å²) >= 11 is 0. The molecule has 1 fully saturated rings. The van der Waals surface area contributed by atoms with Gasteiger partial charge in [0.2, 0.25) is 10.0 Å². The van der Waals surface area contributed by atoms with Gasteiger partial charge in [0, 0.05) is 23.8 Å². The number of piperidine rings is 1. The first-order valence-electron chi connectivity index (χ1n) is 6.85. The maximum atomic E-state index is 12.9. The Balaban J connectivity index is 2.49. The monoisotopic (exact) mass is 298 g/mol. The summed E-state index contributed by atoms with van der Waals surface area (Å²) in [6.07, 6.45) is 2.84. The van der Waals surface area contributed by atoms with Gasteiger partial charge in [-0.1, -0.05) is 6.42 Å². The Morgan fingerprint density at radius 2 is 1.85 bits per heavy atom. The van der Waals surface area contributed by atoms with Crippen molar-refractivity contribution in [3.8, 4) is 5.75 Å². The molecular weight excluding hydrogens is 276 g/mol. The maximum Gasteiger partial charge on any atom is 0.247 e. The number of nitrogens with two attached hydrogens (primary N) is 1. The number of nitrogens with zero attached hydrogens (tertiary/aromatic N) is 1. The van der Waals surface area contributed by atoms with E-state index in [1.54, 1.807) is 16.4 Å². The van der Waals surface area contributed by atoms with Crippen molar-refractivity contribution >= 4 is 15.7 Å². The zero-order valence-electron chi connectivity index (χ0n) is 12.2. The van der Waals surface area contributed by atoms with Crippen molar-refractivity contribution in [3.63, 3.8) is 0 Å². The van der Waals surface area contributed by atoms with Crippen LogP contribution in [0.5, 0.6) is 5.75 Å². The SMILES string of the molecule is COc1cc(N)ccc1S(=O)(=O)N1C(C)CCCC1C. The van der Waals surface area contributed by atoms with Crippen molar-refractivity contribution in [2.75, 3.05) is 12.8 Å². The standard InChI is InChI=1S/C14H22N2O3S/c1-10-5-4-6-11(2)16(10)20(17,18)14-8-7-12(15)9-13(14)19-3/h7-11H,4-6,15H2,1-3H3. The van der Waals surface area contributed by atoms with Crippen LogP contribution in [0.2, 0.25) is 0 Å². The van der Waals surface area contributed by atoms with Gasteiger partial charge in [-0.2, -0.15) is 4.31 Å². The fourth-order valence-electron chi connectivity index (χ4n) is 2.88. The smallest absolute Gasteiger partial charge is 0.247 e. The summed E-state index contributed by atoms with van der Waals surface area (Å²) in [6, 6.07) is 4.68. The van der Waals surface area contributed by atoms with Gasteiger partial charge in [0.25, 0.3) is 0 Å². The third-order valence-corrected chi connectivity index (χ3v) is 6.02. The zero-order chi connectivity index (χ0) is 14.9. The minimum atomic E-state index is -3.57. The Morgan fingerprint density at radius 3 is 2.40 bits per heavy atom. The first kappa shape index (κ1) is 15.1. The zero-order valence-corrected chi connectivity index (χ0v) is 13.0. The molecule has 1 saturated heterocycles. The fourth-order valence-corrected chi connectivity index (χ4v) is 4.90. The van der Waals surface area contributed by atoms with Crippen molar-refractivity contribution < 1.29 is 13.2 Å². The Bertz CT molecular complexity index is 576. The molecule has 6 heteroatoms. The van der Waals surface area contributed by atoms with Crippen molar-refractivity contribution in [2.45, 2.75) is 50.1 Å². The molecule has 0 radical (unpaired) electrons. The first-order valence-corrected chi connectivity index (χ1v) is 8.29. The molecule has 2 rings (SSSR count). The summed E-state index contributed by atoms with van der Waals surface area (Å²) in [4.78, 5) is 0.190. The van der Waals surface area contributed by atoms with Crippen molar-refractivity contribution in [1.82, 2.24) is 4.31 Å². The number of methoxy groups -OCH3 is 1. The van der Waals surface area contributed by atoms with E-state index in [0.29, 0.717) is 11.4 Å². The number of anilines is 1. The molecule has 5 nitrogen and oxygen atoms in total. The van der Waals surface area contributed by atoms with Crippen molar-refractivity contribution in [2.24, 2.45) is 0 Å². The minimum absolute atomic E-state index is 0.00556. The lowest BCUT2D eigenvalue weighted by atomic mass is 10.0. The van der Waals surface area contributed by atoms with Gasteiger partial charge in [-0.15, -0.1) is 0 Å². The van der Waals surface area contributed by atoms with Crippen molar-refractivity contribution in [1.29, 1.82) is 0 Å². The lowest BCUT2D eigenvalue weighted by Gasteiger charge is -2.37. The molecule has 0 bridgehead atoms. The van der Waals surface area contributed by atoms with E-state index in [4.69, 9.17) is 10.5 Å². The van der Waals surface area contributed by atoms with Crippen LogP contribution in [0.3, 0.4) is 0 Å². The molecule has 0 spiro atoms. The van der Waals surface area contributed by atoms with Crippen LogP contribution in [-0.4, -0.2) is 31.9 Å². The van der Waals surface area contributed by atoms with E-state index < -0.39 is 10.0 Å². The molecule has 1 aliphatic rings. The Labute approximate surface area is 120 Å². The lowest BCUT2D eigenvalue weighted by Crippen LogP contribution is -2.47. The maximum absolute atomic E-state index is 12.9. The van der Waals surface area contributed by atoms with Crippen LogP contribution in [0.4, 0.5) is 5.69 Å². The molecular formula is C14H22N2O3S. The molecule has 0 saturated carbocycles. The second-order valence-electron chi connectivity index (χ2n) is 5.37. The number of nitrogen functional groups attached to an aromatic ring is 1. The van der Waals surface area contributed by atoms with Gasteiger partial charge >= 0.3 is 0 Å². The van der Waals surface area contributed by atoms with E-state index in [9.17, 15) is 8.42 Å². The average Bonchev–Trinajstić information content (AvgIpc) is 2.37. The molecule has 1 aromatic carbocycles. The molecule has 0 aliphatic carbocycles. The minimum Gasteiger partial charge on any atom is -0.495 e. The highest BCUT2D eigenvalue weighted by Crippen LogP contribution is 2.34. The van der Waals surface area contributed by atoms with Gasteiger partial charge in [-0.25, -0.2) is 8.42 Å². The summed E-state index contributed by atoms with van der Waals surface area (Å²) in [5, 5.41) is 0. The molecule has 20 heavy (non-hydrogen) atoms. The normalized spacial score (nSPS) is 24.6. The molecule has 0 amide bonds. The predicted molar refractivity (Wildman–Crippen MR) is 79.2 cm³/mol. The molecule has 2 unspecified atom stereocenters. The van der Waals surface area contributed by atoms with Crippen LogP contribution >= 0.6 is 0 Å². The Kier molecular flexibility index (Phi) is 4.25. The molecule has 1 aromatic rings. The molecule has 2 N–H and O–H groups in total. The van der Waals surface area contributed by atoms with Gasteiger partial charge in [0.15, 0.2) is 0 Å². The van der Waals surface area contributed by atoms with Crippen LogP contribution in [0.15, 0.2) is 23.1 Å². The predicted octanol–water partition coefficient (Wildman–Crippen LogP) is 2.23. The number of sulfonamides is 1. The van der Waals surface area contributed by atoms with E-state index in [1.807, 2.05) is 13.8 Å². The molecule has 112 valence electrons. The third kappa shape index (κ3) is 2.62. The first-order chi connectivity index (χ1) is 9.37.